The van der Waals surface area contributed by atoms with E-state index in [9.17, 15) is 0 Å². The first-order chi connectivity index (χ1) is 11.2. The Hall–Kier alpha value is -1.49. The average molecular weight is 364 g/mol. The van der Waals surface area contributed by atoms with E-state index < -0.39 is 0 Å². The predicted octanol–water partition coefficient (Wildman–Crippen LogP) is 5.66. The molecule has 2 aromatic heterocycles. The number of halogens is 2. The second kappa shape index (κ2) is 6.19. The highest BCUT2D eigenvalue weighted by Crippen LogP contribution is 2.35. The number of thiophene rings is 1. The molecule has 0 saturated heterocycles. The van der Waals surface area contributed by atoms with Gasteiger partial charge in [0, 0.05) is 33.1 Å². The van der Waals surface area contributed by atoms with Crippen LogP contribution in [0.5, 0.6) is 0 Å². The van der Waals surface area contributed by atoms with Gasteiger partial charge in [0.05, 0.1) is 11.4 Å². The summed E-state index contributed by atoms with van der Waals surface area (Å²) in [6, 6.07) is 7.64. The molecule has 0 unspecified atom stereocenters. The van der Waals surface area contributed by atoms with Crippen LogP contribution in [0.2, 0.25) is 10.0 Å². The Morgan fingerprint density at radius 2 is 1.96 bits per heavy atom. The molecule has 3 heterocycles. The monoisotopic (exact) mass is 363 g/mol. The Kier molecular flexibility index (Phi) is 4.05. The molecule has 6 heteroatoms. The lowest BCUT2D eigenvalue weighted by molar-refractivity contribution is 0.780. The lowest BCUT2D eigenvalue weighted by Gasteiger charge is -2.10. The molecule has 23 heavy (non-hydrogen) atoms. The third kappa shape index (κ3) is 2.87. The number of hydrogen-bond donors (Lipinski definition) is 1. The van der Waals surface area contributed by atoms with E-state index in [1.807, 2.05) is 16.8 Å². The average Bonchev–Trinajstić information content (AvgIpc) is 3.08. The summed E-state index contributed by atoms with van der Waals surface area (Å²) >= 11 is 14.0. The quantitative estimate of drug-likeness (QED) is 0.636. The van der Waals surface area contributed by atoms with Gasteiger partial charge in [-0.05, 0) is 48.9 Å². The maximum absolute atomic E-state index is 6.18. The number of benzene rings is 1. The molecule has 1 aromatic carbocycles. The second-order valence-electron chi connectivity index (χ2n) is 5.61. The number of rotatable bonds is 2. The van der Waals surface area contributed by atoms with Gasteiger partial charge in [0.1, 0.15) is 5.82 Å². The molecule has 0 aliphatic carbocycles. The van der Waals surface area contributed by atoms with Crippen molar-refractivity contribution in [3.05, 3.63) is 50.6 Å². The Morgan fingerprint density at radius 3 is 2.70 bits per heavy atom. The Balaban J connectivity index is 1.93. The molecule has 1 aliphatic rings. The van der Waals surface area contributed by atoms with Crippen LogP contribution in [-0.2, 0) is 6.42 Å². The first kappa shape index (κ1) is 15.1. The third-order valence-corrected chi connectivity index (χ3v) is 5.14. The van der Waals surface area contributed by atoms with Gasteiger partial charge in [-0.15, -0.1) is 0 Å². The minimum atomic E-state index is 0.613. The first-order valence-corrected chi connectivity index (χ1v) is 9.27. The number of anilines is 1. The van der Waals surface area contributed by atoms with Crippen LogP contribution in [0.15, 0.2) is 35.0 Å². The van der Waals surface area contributed by atoms with Crippen LogP contribution >= 0.6 is 34.5 Å². The van der Waals surface area contributed by atoms with Crippen LogP contribution in [0.25, 0.3) is 16.9 Å². The summed E-state index contributed by atoms with van der Waals surface area (Å²) in [4.78, 5) is 0. The molecule has 0 spiro atoms. The molecule has 0 fully saturated rings. The first-order valence-electron chi connectivity index (χ1n) is 7.57. The maximum atomic E-state index is 6.18. The molecule has 3 aromatic rings. The van der Waals surface area contributed by atoms with Crippen LogP contribution in [0.3, 0.4) is 0 Å². The Bertz CT molecular complexity index is 820. The van der Waals surface area contributed by atoms with Gasteiger partial charge >= 0.3 is 0 Å². The van der Waals surface area contributed by atoms with Crippen molar-refractivity contribution in [1.82, 2.24) is 9.78 Å². The van der Waals surface area contributed by atoms with Gasteiger partial charge in [0.25, 0.3) is 0 Å². The number of nitrogens with one attached hydrogen (secondary N) is 1. The lowest BCUT2D eigenvalue weighted by Crippen LogP contribution is -2.07. The van der Waals surface area contributed by atoms with Crippen molar-refractivity contribution >= 4 is 40.4 Å². The highest BCUT2D eigenvalue weighted by molar-refractivity contribution is 7.08. The van der Waals surface area contributed by atoms with Crippen LogP contribution in [-0.4, -0.2) is 16.3 Å². The van der Waals surface area contributed by atoms with E-state index >= 15 is 0 Å². The zero-order valence-electron chi connectivity index (χ0n) is 12.4. The van der Waals surface area contributed by atoms with Gasteiger partial charge in [0.2, 0.25) is 0 Å². The van der Waals surface area contributed by atoms with E-state index in [0.717, 1.165) is 36.6 Å². The smallest absolute Gasteiger partial charge is 0.133 e. The Labute approximate surface area is 148 Å². The highest BCUT2D eigenvalue weighted by Gasteiger charge is 2.22. The molecule has 1 N–H and O–H groups in total. The molecule has 0 bridgehead atoms. The third-order valence-electron chi connectivity index (χ3n) is 4.02. The van der Waals surface area contributed by atoms with Crippen molar-refractivity contribution in [2.45, 2.75) is 19.3 Å². The van der Waals surface area contributed by atoms with Gasteiger partial charge in [-0.25, -0.2) is 4.68 Å². The number of aromatic nitrogens is 2. The van der Waals surface area contributed by atoms with Crippen molar-refractivity contribution in [3.63, 3.8) is 0 Å². The summed E-state index contributed by atoms with van der Waals surface area (Å²) in [5.74, 6) is 1.06. The molecular formula is C17H15Cl2N3S. The summed E-state index contributed by atoms with van der Waals surface area (Å²) in [5, 5.41) is 13.9. The summed E-state index contributed by atoms with van der Waals surface area (Å²) in [7, 11) is 0. The summed E-state index contributed by atoms with van der Waals surface area (Å²) in [5.41, 5.74) is 4.38. The fourth-order valence-corrected chi connectivity index (χ4v) is 4.14. The van der Waals surface area contributed by atoms with E-state index in [-0.39, 0.29) is 0 Å². The molecular weight excluding hydrogens is 349 g/mol. The van der Waals surface area contributed by atoms with Crippen molar-refractivity contribution < 1.29 is 0 Å². The van der Waals surface area contributed by atoms with Gasteiger partial charge in [-0.2, -0.15) is 16.4 Å². The lowest BCUT2D eigenvalue weighted by atomic mass is 10.1. The van der Waals surface area contributed by atoms with E-state index in [1.165, 1.54) is 17.5 Å². The summed E-state index contributed by atoms with van der Waals surface area (Å²) in [6.45, 7) is 0.954. The number of fused-ring (bicyclic) bond motifs is 1. The highest BCUT2D eigenvalue weighted by atomic mass is 35.5. The zero-order valence-corrected chi connectivity index (χ0v) is 14.7. The van der Waals surface area contributed by atoms with E-state index in [4.69, 9.17) is 28.3 Å². The molecule has 0 atom stereocenters. The SMILES string of the molecule is Clc1cc(Cl)cc(-n2nc(-c3ccsc3)c3c2NCCCC3)c1. The van der Waals surface area contributed by atoms with Crippen LogP contribution in [0.4, 0.5) is 5.82 Å². The van der Waals surface area contributed by atoms with Gasteiger partial charge in [-0.1, -0.05) is 23.2 Å². The molecule has 1 aliphatic heterocycles. The molecule has 0 amide bonds. The minimum absolute atomic E-state index is 0.613. The normalized spacial score (nSPS) is 14.2. The molecule has 4 rings (SSSR count). The van der Waals surface area contributed by atoms with Crippen LogP contribution < -0.4 is 5.32 Å². The van der Waals surface area contributed by atoms with Crippen LogP contribution in [0, 0.1) is 0 Å². The van der Waals surface area contributed by atoms with E-state index in [2.05, 4.69) is 22.1 Å². The van der Waals surface area contributed by atoms with Crippen LogP contribution in [0.1, 0.15) is 18.4 Å². The zero-order chi connectivity index (χ0) is 15.8. The van der Waals surface area contributed by atoms with Crippen molar-refractivity contribution in [2.24, 2.45) is 0 Å². The molecule has 0 saturated carbocycles. The number of hydrogen-bond acceptors (Lipinski definition) is 3. The fraction of sp³-hybridized carbons (Fsp3) is 0.235. The van der Waals surface area contributed by atoms with Crippen molar-refractivity contribution in [1.29, 1.82) is 0 Å². The van der Waals surface area contributed by atoms with Gasteiger partial charge in [-0.3, -0.25) is 0 Å². The van der Waals surface area contributed by atoms with Gasteiger partial charge < -0.3 is 5.32 Å². The summed E-state index contributed by atoms with van der Waals surface area (Å²) < 4.78 is 1.94. The largest absolute Gasteiger partial charge is 0.370 e. The minimum Gasteiger partial charge on any atom is -0.370 e. The maximum Gasteiger partial charge on any atom is 0.133 e. The molecule has 118 valence electrons. The predicted molar refractivity (Wildman–Crippen MR) is 98.3 cm³/mol. The molecule has 0 radical (unpaired) electrons. The van der Waals surface area contributed by atoms with E-state index in [1.54, 1.807) is 17.4 Å². The topological polar surface area (TPSA) is 29.9 Å². The fourth-order valence-electron chi connectivity index (χ4n) is 2.98. The number of nitrogens with zero attached hydrogens (tertiary/aromatic N) is 2. The Morgan fingerprint density at radius 1 is 1.13 bits per heavy atom. The molecule has 3 nitrogen and oxygen atoms in total. The standard InChI is InChI=1S/C17H15Cl2N3S/c18-12-7-13(19)9-14(8-12)22-17-15(3-1-2-5-20-17)16(21-22)11-4-6-23-10-11/h4,6-10,20H,1-3,5H2. The summed E-state index contributed by atoms with van der Waals surface area (Å²) in [6.07, 6.45) is 3.36. The van der Waals surface area contributed by atoms with Gasteiger partial charge in [0.15, 0.2) is 0 Å². The van der Waals surface area contributed by atoms with E-state index in [0.29, 0.717) is 10.0 Å². The second-order valence-corrected chi connectivity index (χ2v) is 7.26. The van der Waals surface area contributed by atoms with Crippen molar-refractivity contribution in [2.75, 3.05) is 11.9 Å². The van der Waals surface area contributed by atoms with Crippen molar-refractivity contribution in [3.8, 4) is 16.9 Å².